The van der Waals surface area contributed by atoms with Gasteiger partial charge in [0.15, 0.2) is 0 Å². The highest BCUT2D eigenvalue weighted by molar-refractivity contribution is 5.82. The van der Waals surface area contributed by atoms with Crippen LogP contribution in [-0.4, -0.2) is 49.6 Å². The molecule has 0 aliphatic carbocycles. The molecule has 1 saturated heterocycles. The van der Waals surface area contributed by atoms with Crippen LogP contribution in [0.25, 0.3) is 0 Å². The van der Waals surface area contributed by atoms with E-state index in [1.165, 1.54) is 13.5 Å². The van der Waals surface area contributed by atoms with Crippen molar-refractivity contribution in [2.24, 2.45) is 5.92 Å². The van der Waals surface area contributed by atoms with E-state index in [0.717, 1.165) is 25.8 Å². The molecule has 116 valence electrons. The topological polar surface area (TPSA) is 58.6 Å². The molecule has 0 aromatic heterocycles. The Balaban J connectivity index is 2.59. The molecule has 0 aromatic rings. The predicted octanol–water partition coefficient (Wildman–Crippen LogP) is 1.57. The van der Waals surface area contributed by atoms with Crippen molar-refractivity contribution < 1.29 is 14.3 Å². The maximum Gasteiger partial charge on any atom is 0.307 e. The van der Waals surface area contributed by atoms with Crippen LogP contribution in [0.3, 0.4) is 0 Å². The zero-order chi connectivity index (χ0) is 15.0. The van der Waals surface area contributed by atoms with Gasteiger partial charge in [-0.25, -0.2) is 0 Å². The third-order valence-corrected chi connectivity index (χ3v) is 3.57. The fourth-order valence-electron chi connectivity index (χ4n) is 2.52. The van der Waals surface area contributed by atoms with Crippen molar-refractivity contribution in [3.8, 4) is 0 Å². The van der Waals surface area contributed by atoms with Crippen molar-refractivity contribution in [1.82, 2.24) is 10.2 Å². The first-order valence-corrected chi connectivity index (χ1v) is 7.63. The lowest BCUT2D eigenvalue weighted by molar-refractivity contribution is -0.142. The molecule has 1 aliphatic heterocycles. The minimum atomic E-state index is -0.264. The number of nitrogens with zero attached hydrogens (tertiary/aromatic N) is 1. The van der Waals surface area contributed by atoms with Gasteiger partial charge in [0.1, 0.15) is 0 Å². The summed E-state index contributed by atoms with van der Waals surface area (Å²) in [7, 11) is 1.38. The molecule has 20 heavy (non-hydrogen) atoms. The molecular formula is C15H28N2O3. The Morgan fingerprint density at radius 2 is 2.05 bits per heavy atom. The largest absolute Gasteiger partial charge is 0.469 e. The van der Waals surface area contributed by atoms with E-state index in [1.54, 1.807) is 0 Å². The normalized spacial score (nSPS) is 19.5. The summed E-state index contributed by atoms with van der Waals surface area (Å²) in [6.45, 7) is 6.21. The van der Waals surface area contributed by atoms with Crippen molar-refractivity contribution in [1.29, 1.82) is 0 Å². The van der Waals surface area contributed by atoms with Gasteiger partial charge in [-0.05, 0) is 25.3 Å². The van der Waals surface area contributed by atoms with Gasteiger partial charge in [0.2, 0.25) is 5.91 Å². The Bertz CT molecular complexity index is 310. The van der Waals surface area contributed by atoms with Crippen LogP contribution < -0.4 is 5.32 Å². The molecule has 1 rings (SSSR count). The minimum absolute atomic E-state index is 0.0890. The molecular weight excluding hydrogens is 256 g/mol. The summed E-state index contributed by atoms with van der Waals surface area (Å²) in [5, 5.41) is 3.33. The molecule has 5 nitrogen and oxygen atoms in total. The summed E-state index contributed by atoms with van der Waals surface area (Å²) < 4.78 is 4.66. The second kappa shape index (κ2) is 8.95. The lowest BCUT2D eigenvalue weighted by atomic mass is 10.1. The maximum absolute atomic E-state index is 12.6. The molecule has 1 N–H and O–H groups in total. The number of methoxy groups -OCH3 is 1. The minimum Gasteiger partial charge on any atom is -0.469 e. The molecule has 1 atom stereocenters. The average molecular weight is 284 g/mol. The molecule has 0 radical (unpaired) electrons. The molecule has 1 heterocycles. The van der Waals surface area contributed by atoms with Gasteiger partial charge in [-0.2, -0.15) is 0 Å². The number of nitrogens with one attached hydrogen (secondary N) is 1. The predicted molar refractivity (Wildman–Crippen MR) is 78.3 cm³/mol. The SMILES string of the molecule is COC(=O)CCN(CC(C)C)C(=O)C1CCCCCN1. The van der Waals surface area contributed by atoms with Crippen molar-refractivity contribution >= 4 is 11.9 Å². The first-order valence-electron chi connectivity index (χ1n) is 7.63. The molecule has 0 spiro atoms. The molecule has 1 unspecified atom stereocenters. The van der Waals surface area contributed by atoms with Gasteiger partial charge in [-0.1, -0.05) is 26.7 Å². The highest BCUT2D eigenvalue weighted by atomic mass is 16.5. The van der Waals surface area contributed by atoms with E-state index in [-0.39, 0.29) is 24.3 Å². The number of carbonyl (C=O) groups excluding carboxylic acids is 2. The summed E-state index contributed by atoms with van der Waals surface area (Å²) >= 11 is 0. The van der Waals surface area contributed by atoms with E-state index in [4.69, 9.17) is 0 Å². The zero-order valence-corrected chi connectivity index (χ0v) is 13.0. The van der Waals surface area contributed by atoms with Crippen LogP contribution in [0.15, 0.2) is 0 Å². The van der Waals surface area contributed by atoms with Crippen molar-refractivity contribution in [2.45, 2.75) is 52.0 Å². The van der Waals surface area contributed by atoms with Crippen molar-refractivity contribution in [3.63, 3.8) is 0 Å². The standard InChI is InChI=1S/C15H28N2O3/c1-12(2)11-17(10-8-14(18)20-3)15(19)13-7-5-4-6-9-16-13/h12-13,16H,4-11H2,1-3H3. The Labute approximate surface area is 122 Å². The van der Waals surface area contributed by atoms with Gasteiger partial charge in [0.25, 0.3) is 0 Å². The quantitative estimate of drug-likeness (QED) is 0.752. The van der Waals surface area contributed by atoms with Gasteiger partial charge in [-0.3, -0.25) is 9.59 Å². The van der Waals surface area contributed by atoms with Gasteiger partial charge in [0, 0.05) is 13.1 Å². The fourth-order valence-corrected chi connectivity index (χ4v) is 2.52. The van der Waals surface area contributed by atoms with Crippen molar-refractivity contribution in [3.05, 3.63) is 0 Å². The molecule has 0 bridgehead atoms. The van der Waals surface area contributed by atoms with E-state index in [2.05, 4.69) is 23.9 Å². The third-order valence-electron chi connectivity index (χ3n) is 3.57. The number of ether oxygens (including phenoxy) is 1. The maximum atomic E-state index is 12.6. The fraction of sp³-hybridized carbons (Fsp3) is 0.867. The smallest absolute Gasteiger partial charge is 0.307 e. The van der Waals surface area contributed by atoms with E-state index in [0.29, 0.717) is 19.0 Å². The molecule has 0 aromatic carbocycles. The van der Waals surface area contributed by atoms with Gasteiger partial charge >= 0.3 is 5.97 Å². The highest BCUT2D eigenvalue weighted by Gasteiger charge is 2.25. The first-order chi connectivity index (χ1) is 9.54. The van der Waals surface area contributed by atoms with Crippen LogP contribution in [-0.2, 0) is 14.3 Å². The summed E-state index contributed by atoms with van der Waals surface area (Å²) in [5.41, 5.74) is 0. The second-order valence-electron chi connectivity index (χ2n) is 5.86. The summed E-state index contributed by atoms with van der Waals surface area (Å²) in [4.78, 5) is 25.7. The number of carbonyl (C=O) groups is 2. The number of hydrogen-bond donors (Lipinski definition) is 1. The third kappa shape index (κ3) is 5.90. The van der Waals surface area contributed by atoms with E-state index in [9.17, 15) is 9.59 Å². The molecule has 1 amide bonds. The van der Waals surface area contributed by atoms with E-state index >= 15 is 0 Å². The number of esters is 1. The van der Waals surface area contributed by atoms with Crippen molar-refractivity contribution in [2.75, 3.05) is 26.7 Å². The molecule has 5 heteroatoms. The number of rotatable bonds is 6. The summed E-state index contributed by atoms with van der Waals surface area (Å²) in [6.07, 6.45) is 4.57. The average Bonchev–Trinajstić information content (AvgIpc) is 2.70. The van der Waals surface area contributed by atoms with Gasteiger partial charge in [-0.15, -0.1) is 0 Å². The lowest BCUT2D eigenvalue weighted by Crippen LogP contribution is -2.48. The molecule has 1 aliphatic rings. The van der Waals surface area contributed by atoms with Crippen LogP contribution in [0.4, 0.5) is 0 Å². The summed E-state index contributed by atoms with van der Waals surface area (Å²) in [6, 6.07) is -0.0890. The number of amides is 1. The monoisotopic (exact) mass is 284 g/mol. The molecule has 1 fully saturated rings. The lowest BCUT2D eigenvalue weighted by Gasteiger charge is -2.28. The van der Waals surface area contributed by atoms with Gasteiger partial charge < -0.3 is 15.0 Å². The van der Waals surface area contributed by atoms with Crippen LogP contribution in [0.1, 0.15) is 46.0 Å². The zero-order valence-electron chi connectivity index (χ0n) is 13.0. The Morgan fingerprint density at radius 1 is 1.30 bits per heavy atom. The van der Waals surface area contributed by atoms with Crippen LogP contribution >= 0.6 is 0 Å². The highest BCUT2D eigenvalue weighted by Crippen LogP contribution is 2.12. The van der Waals surface area contributed by atoms with E-state index in [1.807, 2.05) is 4.90 Å². The Morgan fingerprint density at radius 3 is 2.70 bits per heavy atom. The molecule has 0 saturated carbocycles. The second-order valence-corrected chi connectivity index (χ2v) is 5.86. The Kier molecular flexibility index (Phi) is 7.59. The summed E-state index contributed by atoms with van der Waals surface area (Å²) in [5.74, 6) is 0.257. The van der Waals surface area contributed by atoms with Crippen LogP contribution in [0.5, 0.6) is 0 Å². The first kappa shape index (κ1) is 17.0. The van der Waals surface area contributed by atoms with Gasteiger partial charge in [0.05, 0.1) is 19.6 Å². The number of hydrogen-bond acceptors (Lipinski definition) is 4. The Hall–Kier alpha value is -1.10. The van der Waals surface area contributed by atoms with Crippen LogP contribution in [0.2, 0.25) is 0 Å². The van der Waals surface area contributed by atoms with E-state index < -0.39 is 0 Å². The van der Waals surface area contributed by atoms with Crippen LogP contribution in [0, 0.1) is 5.92 Å².